The average molecular weight is 584 g/mol. The number of likely N-dealkylation sites (tertiary alicyclic amines) is 1. The maximum absolute atomic E-state index is 13.0. The fourth-order valence-electron chi connectivity index (χ4n) is 4.55. The van der Waals surface area contributed by atoms with E-state index in [1.54, 1.807) is 12.1 Å². The standard InChI is InChI=1S/C30H39BrN4O3/c1-2-3-4-5-6-10-15-28(36)35-20-11-14-25(22-35)30(38)34-33-27(23-12-8-7-9-13-23)21-32-29(37)24-16-18-26(31)19-17-24/h7-9,12-13,16-19,25H,2-6,10-11,14-15,20-22H2,1H3,(H,32,37)(H,34,38)/b33-27+/t25-/m1/s1. The van der Waals surface area contributed by atoms with Crippen molar-refractivity contribution < 1.29 is 14.4 Å². The number of hydrazone groups is 1. The second kappa shape index (κ2) is 16.1. The van der Waals surface area contributed by atoms with E-state index in [0.717, 1.165) is 35.7 Å². The molecule has 3 amide bonds. The number of hydrogen-bond donors (Lipinski definition) is 2. The monoisotopic (exact) mass is 582 g/mol. The highest BCUT2D eigenvalue weighted by atomic mass is 79.9. The van der Waals surface area contributed by atoms with Gasteiger partial charge in [-0.2, -0.15) is 5.10 Å². The van der Waals surface area contributed by atoms with Gasteiger partial charge in [0.2, 0.25) is 11.8 Å². The molecule has 1 atom stereocenters. The first-order chi connectivity index (χ1) is 18.5. The van der Waals surface area contributed by atoms with Crippen molar-refractivity contribution in [1.82, 2.24) is 15.6 Å². The van der Waals surface area contributed by atoms with Gasteiger partial charge >= 0.3 is 0 Å². The SMILES string of the molecule is CCCCCCCCC(=O)N1CCC[C@@H](C(=O)N/N=C(\CNC(=O)c2ccc(Br)cc2)c2ccccc2)C1. The molecule has 2 aromatic carbocycles. The third kappa shape index (κ3) is 9.71. The van der Waals surface area contributed by atoms with Gasteiger partial charge in [0, 0.05) is 29.5 Å². The number of nitrogens with zero attached hydrogens (tertiary/aromatic N) is 2. The molecule has 0 aliphatic carbocycles. The van der Waals surface area contributed by atoms with E-state index in [1.807, 2.05) is 47.4 Å². The van der Waals surface area contributed by atoms with E-state index in [4.69, 9.17) is 0 Å². The van der Waals surface area contributed by atoms with Crippen LogP contribution in [-0.4, -0.2) is 48.0 Å². The summed E-state index contributed by atoms with van der Waals surface area (Å²) >= 11 is 3.37. The maximum atomic E-state index is 13.0. The Balaban J connectivity index is 1.55. The Kier molecular flexibility index (Phi) is 12.5. The Labute approximate surface area is 234 Å². The lowest BCUT2D eigenvalue weighted by molar-refractivity contribution is -0.135. The molecule has 38 heavy (non-hydrogen) atoms. The maximum Gasteiger partial charge on any atom is 0.251 e. The van der Waals surface area contributed by atoms with Crippen LogP contribution in [0.4, 0.5) is 0 Å². The summed E-state index contributed by atoms with van der Waals surface area (Å²) in [7, 11) is 0. The minimum absolute atomic E-state index is 0.141. The summed E-state index contributed by atoms with van der Waals surface area (Å²) in [6, 6.07) is 16.6. The number of nitrogens with one attached hydrogen (secondary N) is 2. The van der Waals surface area contributed by atoms with Crippen LogP contribution >= 0.6 is 15.9 Å². The molecule has 1 fully saturated rings. The number of carbonyl (C=O) groups excluding carboxylic acids is 3. The number of rotatable bonds is 13. The predicted octanol–water partition coefficient (Wildman–Crippen LogP) is 5.69. The summed E-state index contributed by atoms with van der Waals surface area (Å²) in [5.41, 5.74) is 4.61. The van der Waals surface area contributed by atoms with Crippen molar-refractivity contribution in [3.63, 3.8) is 0 Å². The molecular weight excluding hydrogens is 544 g/mol. The van der Waals surface area contributed by atoms with Crippen LogP contribution in [0.2, 0.25) is 0 Å². The van der Waals surface area contributed by atoms with Gasteiger partial charge in [0.25, 0.3) is 5.91 Å². The van der Waals surface area contributed by atoms with Crippen LogP contribution in [0.25, 0.3) is 0 Å². The van der Waals surface area contributed by atoms with E-state index in [9.17, 15) is 14.4 Å². The number of benzene rings is 2. The van der Waals surface area contributed by atoms with Gasteiger partial charge in [0.1, 0.15) is 0 Å². The predicted molar refractivity (Wildman–Crippen MR) is 155 cm³/mol. The molecule has 1 saturated heterocycles. The summed E-state index contributed by atoms with van der Waals surface area (Å²) < 4.78 is 0.897. The van der Waals surface area contributed by atoms with Gasteiger partial charge in [0.15, 0.2) is 0 Å². The van der Waals surface area contributed by atoms with Crippen LogP contribution in [0.15, 0.2) is 64.2 Å². The molecule has 1 heterocycles. The molecular formula is C30H39BrN4O3. The summed E-state index contributed by atoms with van der Waals surface area (Å²) in [6.45, 7) is 3.49. The Morgan fingerprint density at radius 2 is 1.66 bits per heavy atom. The van der Waals surface area contributed by atoms with Crippen LogP contribution in [0.1, 0.15) is 80.6 Å². The Hall–Kier alpha value is -3.00. The Morgan fingerprint density at radius 3 is 2.39 bits per heavy atom. The Morgan fingerprint density at radius 1 is 0.947 bits per heavy atom. The van der Waals surface area contributed by atoms with E-state index < -0.39 is 0 Å². The van der Waals surface area contributed by atoms with Gasteiger partial charge in [-0.1, -0.05) is 85.3 Å². The molecule has 0 aromatic heterocycles. The number of carbonyl (C=O) groups is 3. The van der Waals surface area contributed by atoms with E-state index >= 15 is 0 Å². The first-order valence-electron chi connectivity index (χ1n) is 13.7. The van der Waals surface area contributed by atoms with Gasteiger partial charge in [-0.25, -0.2) is 5.43 Å². The molecule has 0 bridgehead atoms. The molecule has 204 valence electrons. The zero-order valence-corrected chi connectivity index (χ0v) is 23.8. The van der Waals surface area contributed by atoms with Crippen LogP contribution in [-0.2, 0) is 9.59 Å². The molecule has 0 spiro atoms. The Bertz CT molecular complexity index is 1070. The van der Waals surface area contributed by atoms with Crippen LogP contribution in [0.3, 0.4) is 0 Å². The second-order valence-corrected chi connectivity index (χ2v) is 10.7. The quantitative estimate of drug-likeness (QED) is 0.180. The van der Waals surface area contributed by atoms with Crippen molar-refractivity contribution in [3.8, 4) is 0 Å². The third-order valence-corrected chi connectivity index (χ3v) is 7.35. The molecule has 0 unspecified atom stereocenters. The highest BCUT2D eigenvalue weighted by Gasteiger charge is 2.28. The van der Waals surface area contributed by atoms with Crippen LogP contribution < -0.4 is 10.7 Å². The molecule has 0 saturated carbocycles. The molecule has 8 heteroatoms. The smallest absolute Gasteiger partial charge is 0.251 e. The second-order valence-electron chi connectivity index (χ2n) is 9.79. The lowest BCUT2D eigenvalue weighted by Gasteiger charge is -2.31. The zero-order chi connectivity index (χ0) is 27.2. The summed E-state index contributed by atoms with van der Waals surface area (Å²) in [6.07, 6.45) is 8.95. The van der Waals surface area contributed by atoms with E-state index in [1.165, 1.54) is 25.7 Å². The van der Waals surface area contributed by atoms with E-state index in [-0.39, 0.29) is 30.2 Å². The highest BCUT2D eigenvalue weighted by molar-refractivity contribution is 9.10. The van der Waals surface area contributed by atoms with Gasteiger partial charge in [-0.3, -0.25) is 14.4 Å². The van der Waals surface area contributed by atoms with Crippen molar-refractivity contribution in [1.29, 1.82) is 0 Å². The summed E-state index contributed by atoms with van der Waals surface area (Å²) in [4.78, 5) is 40.2. The number of unbranched alkanes of at least 4 members (excludes halogenated alkanes) is 5. The lowest BCUT2D eigenvalue weighted by Crippen LogP contribution is -2.45. The third-order valence-electron chi connectivity index (χ3n) is 6.82. The van der Waals surface area contributed by atoms with Gasteiger partial charge in [0.05, 0.1) is 18.2 Å². The number of hydrogen-bond acceptors (Lipinski definition) is 4. The summed E-state index contributed by atoms with van der Waals surface area (Å²) in [5, 5.41) is 7.28. The normalized spacial score (nSPS) is 15.7. The fraction of sp³-hybridized carbons (Fsp3) is 0.467. The van der Waals surface area contributed by atoms with Crippen LogP contribution in [0.5, 0.6) is 0 Å². The van der Waals surface area contributed by atoms with Crippen molar-refractivity contribution >= 4 is 39.4 Å². The fourth-order valence-corrected chi connectivity index (χ4v) is 4.81. The average Bonchev–Trinajstić information content (AvgIpc) is 2.95. The van der Waals surface area contributed by atoms with Crippen LogP contribution in [0, 0.1) is 5.92 Å². The largest absolute Gasteiger partial charge is 0.346 e. The molecule has 0 radical (unpaired) electrons. The van der Waals surface area contributed by atoms with Crippen molar-refractivity contribution in [2.75, 3.05) is 19.6 Å². The molecule has 1 aliphatic rings. The minimum Gasteiger partial charge on any atom is -0.346 e. The van der Waals surface area contributed by atoms with Crippen molar-refractivity contribution in [2.24, 2.45) is 11.0 Å². The number of amides is 3. The molecule has 2 aromatic rings. The molecule has 2 N–H and O–H groups in total. The molecule has 1 aliphatic heterocycles. The highest BCUT2D eigenvalue weighted by Crippen LogP contribution is 2.19. The molecule has 7 nitrogen and oxygen atoms in total. The zero-order valence-electron chi connectivity index (χ0n) is 22.3. The van der Waals surface area contributed by atoms with Gasteiger partial charge in [-0.15, -0.1) is 0 Å². The van der Waals surface area contributed by atoms with E-state index in [0.29, 0.717) is 30.8 Å². The topological polar surface area (TPSA) is 90.9 Å². The molecule has 3 rings (SSSR count). The van der Waals surface area contributed by atoms with Crippen molar-refractivity contribution in [2.45, 2.75) is 64.7 Å². The first-order valence-corrected chi connectivity index (χ1v) is 14.5. The number of piperidine rings is 1. The number of halogens is 1. The van der Waals surface area contributed by atoms with Crippen molar-refractivity contribution in [3.05, 3.63) is 70.2 Å². The van der Waals surface area contributed by atoms with Gasteiger partial charge in [-0.05, 0) is 49.1 Å². The minimum atomic E-state index is -0.296. The summed E-state index contributed by atoms with van der Waals surface area (Å²) in [5.74, 6) is -0.577. The first kappa shape index (κ1) is 29.6. The van der Waals surface area contributed by atoms with Gasteiger partial charge < -0.3 is 10.2 Å². The lowest BCUT2D eigenvalue weighted by atomic mass is 9.97. The van der Waals surface area contributed by atoms with E-state index in [2.05, 4.69) is 38.7 Å².